The molecule has 1 atom stereocenters. The Balaban J connectivity index is 2.01. The van der Waals surface area contributed by atoms with Gasteiger partial charge in [-0.15, -0.1) is 0 Å². The van der Waals surface area contributed by atoms with Crippen molar-refractivity contribution in [2.24, 2.45) is 0 Å². The van der Waals surface area contributed by atoms with E-state index in [1.54, 1.807) is 12.1 Å². The number of hydrogen-bond acceptors (Lipinski definition) is 2. The van der Waals surface area contributed by atoms with Gasteiger partial charge in [-0.05, 0) is 36.8 Å². The van der Waals surface area contributed by atoms with Gasteiger partial charge in [0.05, 0.1) is 17.1 Å². The molecule has 0 radical (unpaired) electrons. The lowest BCUT2D eigenvalue weighted by atomic mass is 10.2. The number of halogens is 1. The number of para-hydroxylation sites is 2. The van der Waals surface area contributed by atoms with Gasteiger partial charge >= 0.3 is 0 Å². The Morgan fingerprint density at radius 2 is 1.92 bits per heavy atom. The standard InChI is InChI=1S/C19H20FN3O/c1-3-18(24)21-13(2)19-22-16-6-4-5-7-17(16)23(19)12-14-8-10-15(20)11-9-14/h4-11,13H,3,12H2,1-2H3,(H,21,24). The Kier molecular flexibility index (Phi) is 4.60. The molecule has 0 saturated heterocycles. The molecule has 1 unspecified atom stereocenters. The Morgan fingerprint density at radius 1 is 1.21 bits per heavy atom. The first-order chi connectivity index (χ1) is 11.6. The molecule has 0 aliphatic rings. The Hall–Kier alpha value is -2.69. The number of nitrogens with one attached hydrogen (secondary N) is 1. The summed E-state index contributed by atoms with van der Waals surface area (Å²) < 4.78 is 15.2. The average molecular weight is 325 g/mol. The van der Waals surface area contributed by atoms with E-state index in [0.717, 1.165) is 22.4 Å². The van der Waals surface area contributed by atoms with Crippen molar-refractivity contribution in [3.63, 3.8) is 0 Å². The molecule has 1 aromatic heterocycles. The number of amides is 1. The maximum absolute atomic E-state index is 13.1. The van der Waals surface area contributed by atoms with Gasteiger partial charge in [0.2, 0.25) is 5.91 Å². The SMILES string of the molecule is CCC(=O)NC(C)c1nc2ccccc2n1Cc1ccc(F)cc1. The third-order valence-corrected chi connectivity index (χ3v) is 4.02. The van der Waals surface area contributed by atoms with Crippen LogP contribution in [0.5, 0.6) is 0 Å². The fourth-order valence-corrected chi connectivity index (χ4v) is 2.77. The number of carbonyl (C=O) groups excluding carboxylic acids is 1. The normalized spacial score (nSPS) is 12.3. The highest BCUT2D eigenvalue weighted by molar-refractivity contribution is 5.78. The third-order valence-electron chi connectivity index (χ3n) is 4.02. The largest absolute Gasteiger partial charge is 0.346 e. The minimum Gasteiger partial charge on any atom is -0.346 e. The van der Waals surface area contributed by atoms with Gasteiger partial charge in [-0.1, -0.05) is 31.2 Å². The molecule has 1 amide bonds. The van der Waals surface area contributed by atoms with Gasteiger partial charge in [0, 0.05) is 13.0 Å². The molecule has 0 aliphatic heterocycles. The van der Waals surface area contributed by atoms with Crippen molar-refractivity contribution in [3.8, 4) is 0 Å². The van der Waals surface area contributed by atoms with E-state index >= 15 is 0 Å². The van der Waals surface area contributed by atoms with E-state index < -0.39 is 0 Å². The summed E-state index contributed by atoms with van der Waals surface area (Å²) in [6.45, 7) is 4.32. The van der Waals surface area contributed by atoms with E-state index in [-0.39, 0.29) is 17.8 Å². The molecular formula is C19H20FN3O. The van der Waals surface area contributed by atoms with Gasteiger partial charge in [0.1, 0.15) is 11.6 Å². The Bertz CT molecular complexity index is 855. The van der Waals surface area contributed by atoms with Crippen LogP contribution in [0, 0.1) is 5.82 Å². The monoisotopic (exact) mass is 325 g/mol. The van der Waals surface area contributed by atoms with E-state index in [0.29, 0.717) is 13.0 Å². The summed E-state index contributed by atoms with van der Waals surface area (Å²) in [6, 6.07) is 14.1. The first kappa shape index (κ1) is 16.2. The summed E-state index contributed by atoms with van der Waals surface area (Å²) in [7, 11) is 0. The van der Waals surface area contributed by atoms with Crippen LogP contribution in [-0.2, 0) is 11.3 Å². The second-order valence-corrected chi connectivity index (χ2v) is 5.81. The van der Waals surface area contributed by atoms with Crippen LogP contribution in [-0.4, -0.2) is 15.5 Å². The van der Waals surface area contributed by atoms with E-state index in [4.69, 9.17) is 0 Å². The van der Waals surface area contributed by atoms with Crippen molar-refractivity contribution in [2.75, 3.05) is 0 Å². The van der Waals surface area contributed by atoms with Gasteiger partial charge in [0.15, 0.2) is 0 Å². The van der Waals surface area contributed by atoms with Crippen LogP contribution in [0.3, 0.4) is 0 Å². The predicted octanol–water partition coefficient (Wildman–Crippen LogP) is 3.81. The van der Waals surface area contributed by atoms with E-state index in [2.05, 4.69) is 14.9 Å². The number of nitrogens with zero attached hydrogens (tertiary/aromatic N) is 2. The van der Waals surface area contributed by atoms with Crippen LogP contribution in [0.4, 0.5) is 4.39 Å². The van der Waals surface area contributed by atoms with Crippen molar-refractivity contribution in [1.82, 2.24) is 14.9 Å². The molecule has 5 heteroatoms. The van der Waals surface area contributed by atoms with Crippen molar-refractivity contribution >= 4 is 16.9 Å². The number of aromatic nitrogens is 2. The van der Waals surface area contributed by atoms with Crippen molar-refractivity contribution < 1.29 is 9.18 Å². The molecule has 0 fully saturated rings. The zero-order valence-electron chi connectivity index (χ0n) is 13.8. The van der Waals surface area contributed by atoms with Gasteiger partial charge in [-0.3, -0.25) is 4.79 Å². The number of rotatable bonds is 5. The number of hydrogen-bond donors (Lipinski definition) is 1. The summed E-state index contributed by atoms with van der Waals surface area (Å²) in [5.41, 5.74) is 2.86. The maximum Gasteiger partial charge on any atom is 0.220 e. The molecule has 124 valence electrons. The molecule has 3 aromatic rings. The fourth-order valence-electron chi connectivity index (χ4n) is 2.77. The van der Waals surface area contributed by atoms with E-state index in [1.807, 2.05) is 38.1 Å². The summed E-state index contributed by atoms with van der Waals surface area (Å²) in [6.07, 6.45) is 0.433. The molecule has 0 aliphatic carbocycles. The van der Waals surface area contributed by atoms with Crippen LogP contribution >= 0.6 is 0 Å². The van der Waals surface area contributed by atoms with E-state index in [9.17, 15) is 9.18 Å². The number of fused-ring (bicyclic) bond motifs is 1. The molecule has 0 saturated carbocycles. The number of carbonyl (C=O) groups is 1. The molecule has 2 aromatic carbocycles. The zero-order chi connectivity index (χ0) is 17.1. The lowest BCUT2D eigenvalue weighted by Gasteiger charge is -2.16. The molecule has 24 heavy (non-hydrogen) atoms. The minimum absolute atomic E-state index is 0.0112. The van der Waals surface area contributed by atoms with Gasteiger partial charge in [-0.25, -0.2) is 9.37 Å². The fraction of sp³-hybridized carbons (Fsp3) is 0.263. The van der Waals surface area contributed by atoms with Gasteiger partial charge in [0.25, 0.3) is 0 Å². The molecule has 1 heterocycles. The van der Waals surface area contributed by atoms with Crippen LogP contribution in [0.15, 0.2) is 48.5 Å². The molecule has 4 nitrogen and oxygen atoms in total. The molecule has 1 N–H and O–H groups in total. The van der Waals surface area contributed by atoms with Crippen LogP contribution in [0.25, 0.3) is 11.0 Å². The van der Waals surface area contributed by atoms with Crippen LogP contribution < -0.4 is 5.32 Å². The highest BCUT2D eigenvalue weighted by atomic mass is 19.1. The smallest absolute Gasteiger partial charge is 0.220 e. The van der Waals surface area contributed by atoms with Crippen molar-refractivity contribution in [3.05, 3.63) is 65.7 Å². The highest BCUT2D eigenvalue weighted by Gasteiger charge is 2.18. The second kappa shape index (κ2) is 6.83. The zero-order valence-corrected chi connectivity index (χ0v) is 13.8. The molecule has 0 bridgehead atoms. The lowest BCUT2D eigenvalue weighted by Crippen LogP contribution is -2.28. The predicted molar refractivity (Wildman–Crippen MR) is 92.1 cm³/mol. The minimum atomic E-state index is -0.252. The quantitative estimate of drug-likeness (QED) is 0.775. The Morgan fingerprint density at radius 3 is 2.62 bits per heavy atom. The molecule has 0 spiro atoms. The first-order valence-electron chi connectivity index (χ1n) is 8.07. The van der Waals surface area contributed by atoms with Gasteiger partial charge in [-0.2, -0.15) is 0 Å². The second-order valence-electron chi connectivity index (χ2n) is 5.81. The number of imidazole rings is 1. The molecule has 3 rings (SSSR count). The Labute approximate surface area is 140 Å². The van der Waals surface area contributed by atoms with Gasteiger partial charge < -0.3 is 9.88 Å². The summed E-state index contributed by atoms with van der Waals surface area (Å²) in [5.74, 6) is 0.531. The summed E-state index contributed by atoms with van der Waals surface area (Å²) in [5, 5.41) is 2.96. The van der Waals surface area contributed by atoms with Crippen LogP contribution in [0.1, 0.15) is 37.7 Å². The van der Waals surface area contributed by atoms with Crippen molar-refractivity contribution in [2.45, 2.75) is 32.9 Å². The highest BCUT2D eigenvalue weighted by Crippen LogP contribution is 2.22. The van der Waals surface area contributed by atoms with Crippen LogP contribution in [0.2, 0.25) is 0 Å². The number of benzene rings is 2. The third kappa shape index (κ3) is 3.30. The lowest BCUT2D eigenvalue weighted by molar-refractivity contribution is -0.121. The van der Waals surface area contributed by atoms with Crippen molar-refractivity contribution in [1.29, 1.82) is 0 Å². The summed E-state index contributed by atoms with van der Waals surface area (Å²) >= 11 is 0. The maximum atomic E-state index is 13.1. The first-order valence-corrected chi connectivity index (χ1v) is 8.07. The molecular weight excluding hydrogens is 305 g/mol. The average Bonchev–Trinajstić information content (AvgIpc) is 2.95. The summed E-state index contributed by atoms with van der Waals surface area (Å²) in [4.78, 5) is 16.4. The topological polar surface area (TPSA) is 46.9 Å². The van der Waals surface area contributed by atoms with E-state index in [1.165, 1.54) is 12.1 Å².